The molecule has 0 aliphatic heterocycles. The van der Waals surface area contributed by atoms with Crippen LogP contribution in [0.1, 0.15) is 16.8 Å². The summed E-state index contributed by atoms with van der Waals surface area (Å²) in [5.41, 5.74) is 7.16. The van der Waals surface area contributed by atoms with Crippen molar-refractivity contribution in [2.75, 3.05) is 6.61 Å². The number of imidazole rings is 1. The Morgan fingerprint density at radius 2 is 1.22 bits per heavy atom. The second kappa shape index (κ2) is 14.4. The number of aromatic amines is 1. The van der Waals surface area contributed by atoms with Crippen LogP contribution in [0, 0.1) is 0 Å². The molecule has 4 unspecified atom stereocenters. The van der Waals surface area contributed by atoms with Crippen LogP contribution in [-0.2, 0) is 38.4 Å². The number of nitrogens with one attached hydrogen (secondary N) is 4. The first-order valence-electron chi connectivity index (χ1n) is 12.6. The van der Waals surface area contributed by atoms with Gasteiger partial charge in [-0.05, 0) is 35.4 Å². The van der Waals surface area contributed by atoms with Gasteiger partial charge in [-0.15, -0.1) is 0 Å². The summed E-state index contributed by atoms with van der Waals surface area (Å²) in [5, 5.41) is 45.6. The molecule has 0 bridgehead atoms. The number of amides is 3. The lowest BCUT2D eigenvalue weighted by Gasteiger charge is -2.25. The third-order valence-corrected chi connectivity index (χ3v) is 6.15. The predicted molar refractivity (Wildman–Crippen MR) is 144 cm³/mol. The first-order chi connectivity index (χ1) is 19.5. The SMILES string of the molecule is NC(CO)C(=O)NC(Cc1cnc[nH]1)C(=O)NC(Cc1ccc(O)cc1)C(=O)NC(Cc1ccc(O)cc1)C(=O)O. The summed E-state index contributed by atoms with van der Waals surface area (Å²) >= 11 is 0. The van der Waals surface area contributed by atoms with Gasteiger partial charge in [-0.25, -0.2) is 9.78 Å². The van der Waals surface area contributed by atoms with Gasteiger partial charge in [0.2, 0.25) is 17.7 Å². The van der Waals surface area contributed by atoms with E-state index in [2.05, 4.69) is 25.9 Å². The van der Waals surface area contributed by atoms with Crippen molar-refractivity contribution in [1.82, 2.24) is 25.9 Å². The summed E-state index contributed by atoms with van der Waals surface area (Å²) in [4.78, 5) is 57.9. The van der Waals surface area contributed by atoms with Crippen LogP contribution in [-0.4, -0.2) is 84.9 Å². The normalized spacial score (nSPS) is 13.8. The Morgan fingerprint density at radius 1 is 0.756 bits per heavy atom. The molecule has 0 saturated heterocycles. The summed E-state index contributed by atoms with van der Waals surface area (Å²) < 4.78 is 0. The fourth-order valence-electron chi connectivity index (χ4n) is 3.88. The molecule has 41 heavy (non-hydrogen) atoms. The second-order valence-corrected chi connectivity index (χ2v) is 9.33. The average molecular weight is 569 g/mol. The number of carboxylic acid groups (broad SMARTS) is 1. The van der Waals surface area contributed by atoms with Gasteiger partial charge in [-0.3, -0.25) is 14.4 Å². The van der Waals surface area contributed by atoms with Crippen molar-refractivity contribution in [3.63, 3.8) is 0 Å². The number of carbonyl (C=O) groups excluding carboxylic acids is 3. The van der Waals surface area contributed by atoms with E-state index in [1.165, 1.54) is 61.1 Å². The molecule has 0 fully saturated rings. The third-order valence-electron chi connectivity index (χ3n) is 6.15. The summed E-state index contributed by atoms with van der Waals surface area (Å²) in [6.45, 7) is -0.659. The Balaban J connectivity index is 1.83. The van der Waals surface area contributed by atoms with Crippen molar-refractivity contribution in [2.24, 2.45) is 5.73 Å². The molecule has 1 aromatic heterocycles. The molecule has 3 rings (SSSR count). The molecule has 0 aliphatic rings. The van der Waals surface area contributed by atoms with Gasteiger partial charge in [0.15, 0.2) is 0 Å². The van der Waals surface area contributed by atoms with Gasteiger partial charge in [0.05, 0.1) is 12.9 Å². The first kappa shape index (κ1) is 30.6. The number of benzene rings is 2. The van der Waals surface area contributed by atoms with E-state index in [9.17, 15) is 39.6 Å². The molecule has 3 aromatic rings. The summed E-state index contributed by atoms with van der Waals surface area (Å²) in [6, 6.07) is 6.51. The molecular weight excluding hydrogens is 536 g/mol. The molecule has 0 radical (unpaired) electrons. The number of phenols is 2. The number of hydrogen-bond acceptors (Lipinski definition) is 9. The molecule has 218 valence electrons. The highest BCUT2D eigenvalue weighted by molar-refractivity contribution is 5.94. The maximum atomic E-state index is 13.4. The molecule has 14 nitrogen and oxygen atoms in total. The van der Waals surface area contributed by atoms with Gasteiger partial charge >= 0.3 is 5.97 Å². The van der Waals surface area contributed by atoms with E-state index in [4.69, 9.17) is 5.73 Å². The lowest BCUT2D eigenvalue weighted by Crippen LogP contribution is -2.58. The Morgan fingerprint density at radius 3 is 1.68 bits per heavy atom. The Bertz CT molecular complexity index is 1310. The first-order valence-corrected chi connectivity index (χ1v) is 12.6. The number of rotatable bonds is 14. The van der Waals surface area contributed by atoms with Crippen LogP contribution in [0.4, 0.5) is 0 Å². The number of hydrogen-bond donors (Lipinski definition) is 9. The molecule has 3 amide bonds. The van der Waals surface area contributed by atoms with Gasteiger partial charge in [-0.1, -0.05) is 24.3 Å². The maximum absolute atomic E-state index is 13.4. The van der Waals surface area contributed by atoms with Crippen LogP contribution >= 0.6 is 0 Å². The largest absolute Gasteiger partial charge is 0.508 e. The third kappa shape index (κ3) is 9.33. The lowest BCUT2D eigenvalue weighted by molar-refractivity contribution is -0.142. The zero-order valence-electron chi connectivity index (χ0n) is 21.9. The lowest BCUT2D eigenvalue weighted by atomic mass is 10.0. The van der Waals surface area contributed by atoms with E-state index in [1.54, 1.807) is 0 Å². The van der Waals surface area contributed by atoms with E-state index < -0.39 is 54.5 Å². The van der Waals surface area contributed by atoms with E-state index in [0.717, 1.165) is 0 Å². The number of carbonyl (C=O) groups is 4. The van der Waals surface area contributed by atoms with Crippen LogP contribution in [0.3, 0.4) is 0 Å². The summed E-state index contributed by atoms with van der Waals surface area (Å²) in [5.74, 6) is -3.71. The molecule has 0 saturated carbocycles. The summed E-state index contributed by atoms with van der Waals surface area (Å²) in [6.07, 6.45) is 2.59. The highest BCUT2D eigenvalue weighted by atomic mass is 16.4. The number of nitrogens with zero attached hydrogens (tertiary/aromatic N) is 1. The predicted octanol–water partition coefficient (Wildman–Crippen LogP) is -1.29. The number of aliphatic carboxylic acids is 1. The highest BCUT2D eigenvalue weighted by Crippen LogP contribution is 2.14. The van der Waals surface area contributed by atoms with Crippen molar-refractivity contribution < 1.29 is 39.6 Å². The van der Waals surface area contributed by atoms with E-state index in [0.29, 0.717) is 16.8 Å². The number of aromatic hydroxyl groups is 2. The molecule has 2 aromatic carbocycles. The Hall–Kier alpha value is -4.95. The standard InChI is InChI=1S/C27H32N6O8/c28-20(13-34)24(37)31-22(11-17-12-29-14-30-17)26(39)32-21(9-15-1-5-18(35)6-2-15)25(38)33-23(27(40)41)10-16-3-7-19(36)8-4-16/h1-8,12,14,20-23,34-36H,9-11,13,28H2,(H,29,30)(H,31,37)(H,32,39)(H,33,38)(H,40,41). The summed E-state index contributed by atoms with van der Waals surface area (Å²) in [7, 11) is 0. The van der Waals surface area contributed by atoms with Crippen molar-refractivity contribution in [3.05, 3.63) is 77.9 Å². The fourth-order valence-corrected chi connectivity index (χ4v) is 3.88. The van der Waals surface area contributed by atoms with Gasteiger partial charge < -0.3 is 47.1 Å². The zero-order chi connectivity index (χ0) is 29.9. The molecule has 14 heteroatoms. The van der Waals surface area contributed by atoms with Crippen LogP contribution < -0.4 is 21.7 Å². The Labute approximate surface area is 234 Å². The van der Waals surface area contributed by atoms with Crippen LogP contribution in [0.2, 0.25) is 0 Å². The van der Waals surface area contributed by atoms with E-state index >= 15 is 0 Å². The average Bonchev–Trinajstić information content (AvgIpc) is 3.46. The quantitative estimate of drug-likeness (QED) is 0.111. The molecular formula is C27H32N6O8. The monoisotopic (exact) mass is 568 g/mol. The van der Waals surface area contributed by atoms with Crippen LogP contribution in [0.5, 0.6) is 11.5 Å². The number of carboxylic acids is 1. The molecule has 0 aliphatic carbocycles. The fraction of sp³-hybridized carbons (Fsp3) is 0.296. The van der Waals surface area contributed by atoms with Crippen molar-refractivity contribution in [3.8, 4) is 11.5 Å². The number of aromatic nitrogens is 2. The van der Waals surface area contributed by atoms with Crippen LogP contribution in [0.15, 0.2) is 61.1 Å². The topological polar surface area (TPSA) is 240 Å². The van der Waals surface area contributed by atoms with E-state index in [-0.39, 0.29) is 30.8 Å². The highest BCUT2D eigenvalue weighted by Gasteiger charge is 2.31. The zero-order valence-corrected chi connectivity index (χ0v) is 21.9. The van der Waals surface area contributed by atoms with Crippen molar-refractivity contribution >= 4 is 23.7 Å². The molecule has 4 atom stereocenters. The number of nitrogens with two attached hydrogens (primary N) is 1. The Kier molecular flexibility index (Phi) is 10.8. The second-order valence-electron chi connectivity index (χ2n) is 9.33. The number of H-pyrrole nitrogens is 1. The number of phenolic OH excluding ortho intramolecular Hbond substituents is 2. The van der Waals surface area contributed by atoms with Gasteiger partial charge in [0.1, 0.15) is 35.7 Å². The minimum atomic E-state index is -1.37. The van der Waals surface area contributed by atoms with Crippen molar-refractivity contribution in [2.45, 2.75) is 43.4 Å². The molecule has 10 N–H and O–H groups in total. The number of aliphatic hydroxyl groups excluding tert-OH is 1. The van der Waals surface area contributed by atoms with E-state index in [1.807, 2.05) is 0 Å². The van der Waals surface area contributed by atoms with Crippen molar-refractivity contribution in [1.29, 1.82) is 0 Å². The minimum Gasteiger partial charge on any atom is -0.508 e. The van der Waals surface area contributed by atoms with Crippen LogP contribution in [0.25, 0.3) is 0 Å². The molecule has 1 heterocycles. The van der Waals surface area contributed by atoms with Gasteiger partial charge in [0.25, 0.3) is 0 Å². The van der Waals surface area contributed by atoms with Gasteiger partial charge in [0, 0.05) is 31.2 Å². The maximum Gasteiger partial charge on any atom is 0.326 e. The molecule has 0 spiro atoms. The van der Waals surface area contributed by atoms with Gasteiger partial charge in [-0.2, -0.15) is 0 Å². The smallest absolute Gasteiger partial charge is 0.326 e. The minimum absolute atomic E-state index is 0.00180. The number of aliphatic hydroxyl groups is 1.